The van der Waals surface area contributed by atoms with Gasteiger partial charge in [0.2, 0.25) is 0 Å². The fourth-order valence-electron chi connectivity index (χ4n) is 4.19. The molecule has 0 aliphatic carbocycles. The molecule has 1 atom stereocenters. The molecular weight excluding hydrogens is 496 g/mol. The molecule has 37 heavy (non-hydrogen) atoms. The Labute approximate surface area is 223 Å². The summed E-state index contributed by atoms with van der Waals surface area (Å²) in [5, 5.41) is 16.0. The number of carbonyl (C=O) groups is 2. The summed E-state index contributed by atoms with van der Waals surface area (Å²) in [6, 6.07) is 10.1. The van der Waals surface area contributed by atoms with Gasteiger partial charge in [-0.1, -0.05) is 29.8 Å². The minimum absolute atomic E-state index is 0.0322. The van der Waals surface area contributed by atoms with Gasteiger partial charge in [-0.05, 0) is 74.4 Å². The molecule has 10 heteroatoms. The molecule has 1 aliphatic heterocycles. The summed E-state index contributed by atoms with van der Waals surface area (Å²) in [6.45, 7) is 3.56. The summed E-state index contributed by atoms with van der Waals surface area (Å²) in [5.41, 5.74) is 3.14. The zero-order valence-corrected chi connectivity index (χ0v) is 22.1. The average molecular weight is 533 g/mol. The van der Waals surface area contributed by atoms with Crippen molar-refractivity contribution in [1.29, 1.82) is 0 Å². The number of unbranched alkanes of at least 4 members (excludes halogenated alkanes) is 1. The van der Waals surface area contributed by atoms with E-state index in [2.05, 4.69) is 27.7 Å². The van der Waals surface area contributed by atoms with E-state index in [0.29, 0.717) is 24.7 Å². The molecule has 0 unspecified atom stereocenters. The number of hydrogen-bond donors (Lipinski definition) is 3. The van der Waals surface area contributed by atoms with Crippen LogP contribution in [0.15, 0.2) is 36.4 Å². The summed E-state index contributed by atoms with van der Waals surface area (Å²) >= 11 is 5.86. The van der Waals surface area contributed by atoms with Crippen molar-refractivity contribution in [2.45, 2.75) is 51.2 Å². The van der Waals surface area contributed by atoms with Crippen LogP contribution in [0.5, 0.6) is 0 Å². The first-order valence-corrected chi connectivity index (χ1v) is 13.2. The lowest BCUT2D eigenvalue weighted by Crippen LogP contribution is -2.43. The van der Waals surface area contributed by atoms with Crippen molar-refractivity contribution in [2.24, 2.45) is 0 Å². The number of anilines is 1. The topological polar surface area (TPSA) is 113 Å². The van der Waals surface area contributed by atoms with Crippen LogP contribution in [0.25, 0.3) is 0 Å². The molecule has 9 nitrogen and oxygen atoms in total. The van der Waals surface area contributed by atoms with E-state index in [1.807, 2.05) is 0 Å². The number of nitrogens with one attached hydrogen (secondary N) is 2. The van der Waals surface area contributed by atoms with Gasteiger partial charge in [-0.25, -0.2) is 14.6 Å². The standard InChI is InChI=1S/C27H37ClN4O5/c1-36-18-17-32(15-3-2-6-23-12-9-21-5-4-14-29-25(21)30-23)16-13-24(26(33)34)31-27(35)37-19-20-7-10-22(28)11-8-20/h7-12,24H,2-6,13-19H2,1H3,(H,29,30)(H,31,35)(H,33,34)/t24-/m0/s1. The Morgan fingerprint density at radius 1 is 1.16 bits per heavy atom. The van der Waals surface area contributed by atoms with E-state index in [9.17, 15) is 14.7 Å². The second kappa shape index (κ2) is 15.4. The highest BCUT2D eigenvalue weighted by atomic mass is 35.5. The predicted molar refractivity (Wildman–Crippen MR) is 143 cm³/mol. The van der Waals surface area contributed by atoms with Gasteiger partial charge in [0.1, 0.15) is 18.5 Å². The molecule has 0 bridgehead atoms. The first-order valence-electron chi connectivity index (χ1n) is 12.8. The largest absolute Gasteiger partial charge is 0.480 e. The van der Waals surface area contributed by atoms with Gasteiger partial charge in [0.25, 0.3) is 0 Å². The maximum atomic E-state index is 12.2. The second-order valence-electron chi connectivity index (χ2n) is 9.16. The molecular formula is C27H37ClN4O5. The zero-order valence-electron chi connectivity index (χ0n) is 21.4. The fourth-order valence-corrected chi connectivity index (χ4v) is 4.31. The summed E-state index contributed by atoms with van der Waals surface area (Å²) in [6.07, 6.45) is 4.54. The van der Waals surface area contributed by atoms with Crippen LogP contribution in [0.4, 0.5) is 10.6 Å². The molecule has 0 fully saturated rings. The Morgan fingerprint density at radius 3 is 2.73 bits per heavy atom. The van der Waals surface area contributed by atoms with Crippen molar-refractivity contribution in [3.8, 4) is 0 Å². The summed E-state index contributed by atoms with van der Waals surface area (Å²) in [5.74, 6) is -0.0772. The van der Waals surface area contributed by atoms with Crippen molar-refractivity contribution in [3.05, 3.63) is 58.2 Å². The van der Waals surface area contributed by atoms with E-state index in [0.717, 1.165) is 62.3 Å². The molecule has 2 heterocycles. The lowest BCUT2D eigenvalue weighted by atomic mass is 10.1. The molecule has 1 amide bonds. The minimum atomic E-state index is -1.10. The maximum Gasteiger partial charge on any atom is 0.408 e. The van der Waals surface area contributed by atoms with Gasteiger partial charge >= 0.3 is 12.1 Å². The van der Waals surface area contributed by atoms with E-state index >= 15 is 0 Å². The number of methoxy groups -OCH3 is 1. The van der Waals surface area contributed by atoms with Crippen LogP contribution in [0.1, 0.15) is 42.5 Å². The van der Waals surface area contributed by atoms with Crippen LogP contribution in [0, 0.1) is 0 Å². The van der Waals surface area contributed by atoms with Crippen LogP contribution >= 0.6 is 11.6 Å². The number of pyridine rings is 1. The van der Waals surface area contributed by atoms with Crippen LogP contribution in [-0.4, -0.2) is 73.0 Å². The van der Waals surface area contributed by atoms with Gasteiger partial charge in [0, 0.05) is 37.5 Å². The minimum Gasteiger partial charge on any atom is -0.480 e. The maximum absolute atomic E-state index is 12.2. The van der Waals surface area contributed by atoms with Crippen LogP contribution in [-0.2, 0) is 33.7 Å². The number of amides is 1. The molecule has 0 radical (unpaired) electrons. The van der Waals surface area contributed by atoms with E-state index in [4.69, 9.17) is 26.1 Å². The zero-order chi connectivity index (χ0) is 26.5. The Balaban J connectivity index is 1.42. The molecule has 1 aromatic heterocycles. The number of nitrogens with zero attached hydrogens (tertiary/aromatic N) is 2. The van der Waals surface area contributed by atoms with Crippen LogP contribution in [0.3, 0.4) is 0 Å². The van der Waals surface area contributed by atoms with Gasteiger partial charge in [0.15, 0.2) is 0 Å². The van der Waals surface area contributed by atoms with Gasteiger partial charge in [0.05, 0.1) is 6.61 Å². The molecule has 202 valence electrons. The molecule has 3 rings (SSSR count). The lowest BCUT2D eigenvalue weighted by molar-refractivity contribution is -0.139. The number of ether oxygens (including phenoxy) is 2. The first kappa shape index (κ1) is 28.7. The third kappa shape index (κ3) is 10.2. The SMILES string of the molecule is COCCN(CCCCc1ccc2c(n1)NCCC2)CC[C@H](NC(=O)OCc1ccc(Cl)cc1)C(=O)O. The molecule has 0 saturated heterocycles. The number of carboxylic acid groups (broad SMARTS) is 1. The van der Waals surface area contributed by atoms with Crippen molar-refractivity contribution in [1.82, 2.24) is 15.2 Å². The number of carboxylic acids is 1. The summed E-state index contributed by atoms with van der Waals surface area (Å²) in [7, 11) is 1.65. The Morgan fingerprint density at radius 2 is 1.97 bits per heavy atom. The van der Waals surface area contributed by atoms with Crippen molar-refractivity contribution in [3.63, 3.8) is 0 Å². The summed E-state index contributed by atoms with van der Waals surface area (Å²) in [4.78, 5) is 30.9. The molecule has 0 saturated carbocycles. The average Bonchev–Trinajstić information content (AvgIpc) is 2.90. The Kier molecular flexibility index (Phi) is 11.9. The van der Waals surface area contributed by atoms with Crippen molar-refractivity contribution < 1.29 is 24.2 Å². The molecule has 1 aliphatic rings. The lowest BCUT2D eigenvalue weighted by Gasteiger charge is -2.24. The van der Waals surface area contributed by atoms with E-state index < -0.39 is 18.1 Å². The molecule has 2 aromatic rings. The van der Waals surface area contributed by atoms with E-state index in [-0.39, 0.29) is 13.0 Å². The normalized spacial score (nSPS) is 13.5. The van der Waals surface area contributed by atoms with Gasteiger partial charge < -0.3 is 30.1 Å². The smallest absolute Gasteiger partial charge is 0.408 e. The number of aromatic nitrogens is 1. The van der Waals surface area contributed by atoms with Crippen molar-refractivity contribution in [2.75, 3.05) is 45.2 Å². The van der Waals surface area contributed by atoms with Crippen LogP contribution < -0.4 is 10.6 Å². The number of aliphatic carboxylic acids is 1. The van der Waals surface area contributed by atoms with Gasteiger partial charge in [-0.3, -0.25) is 0 Å². The number of benzene rings is 1. The molecule has 0 spiro atoms. The van der Waals surface area contributed by atoms with Crippen LogP contribution in [0.2, 0.25) is 5.02 Å². The highest BCUT2D eigenvalue weighted by Crippen LogP contribution is 2.20. The number of halogens is 1. The highest BCUT2D eigenvalue weighted by molar-refractivity contribution is 6.30. The number of aryl methyl sites for hydroxylation is 2. The molecule has 1 aromatic carbocycles. The number of fused-ring (bicyclic) bond motifs is 1. The number of alkyl carbamates (subject to hydrolysis) is 1. The highest BCUT2D eigenvalue weighted by Gasteiger charge is 2.22. The third-order valence-corrected chi connectivity index (χ3v) is 6.58. The monoisotopic (exact) mass is 532 g/mol. The van der Waals surface area contributed by atoms with E-state index in [1.54, 1.807) is 31.4 Å². The summed E-state index contributed by atoms with van der Waals surface area (Å²) < 4.78 is 10.4. The third-order valence-electron chi connectivity index (χ3n) is 6.33. The first-order chi connectivity index (χ1) is 17.9. The van der Waals surface area contributed by atoms with E-state index in [1.165, 1.54) is 5.56 Å². The van der Waals surface area contributed by atoms with Gasteiger partial charge in [-0.2, -0.15) is 0 Å². The Bertz CT molecular complexity index is 1000. The molecule has 3 N–H and O–H groups in total. The second-order valence-corrected chi connectivity index (χ2v) is 9.60. The number of rotatable bonds is 15. The van der Waals surface area contributed by atoms with Crippen molar-refractivity contribution >= 4 is 29.5 Å². The number of hydrogen-bond acceptors (Lipinski definition) is 7. The fraction of sp³-hybridized carbons (Fsp3) is 0.519. The Hall–Kier alpha value is -2.88. The number of carbonyl (C=O) groups excluding carboxylic acids is 1. The van der Waals surface area contributed by atoms with Gasteiger partial charge in [-0.15, -0.1) is 0 Å². The predicted octanol–water partition coefficient (Wildman–Crippen LogP) is 4.13. The quantitative estimate of drug-likeness (QED) is 0.293.